The maximum Gasteiger partial charge on any atom is 0.0645 e. The molecule has 1 atom stereocenters. The fourth-order valence-electron chi connectivity index (χ4n) is 1.65. The number of aromatic nitrogens is 2. The first-order chi connectivity index (χ1) is 7.27. The van der Waals surface area contributed by atoms with Crippen LogP contribution in [0, 0.1) is 0 Å². The van der Waals surface area contributed by atoms with E-state index in [0.717, 1.165) is 17.9 Å². The molecule has 0 fully saturated rings. The summed E-state index contributed by atoms with van der Waals surface area (Å²) in [5.41, 5.74) is 8.06. The Morgan fingerprint density at radius 1 is 1.33 bits per heavy atom. The minimum Gasteiger partial charge on any atom is -0.344 e. The van der Waals surface area contributed by atoms with Gasteiger partial charge in [-0.3, -0.25) is 4.98 Å². The molecule has 0 saturated carbocycles. The summed E-state index contributed by atoms with van der Waals surface area (Å²) in [7, 11) is 0. The van der Waals surface area contributed by atoms with Crippen molar-refractivity contribution in [1.82, 2.24) is 9.55 Å². The lowest BCUT2D eigenvalue weighted by molar-refractivity contribution is 0.667. The molecule has 0 aliphatic carbocycles. The zero-order valence-electron chi connectivity index (χ0n) is 8.80. The second kappa shape index (κ2) is 4.28. The zero-order valence-corrected chi connectivity index (χ0v) is 8.80. The molecule has 2 aromatic rings. The summed E-state index contributed by atoms with van der Waals surface area (Å²) in [5.74, 6) is 0. The van der Waals surface area contributed by atoms with Crippen LogP contribution in [0.25, 0.3) is 0 Å². The van der Waals surface area contributed by atoms with Crippen LogP contribution < -0.4 is 5.73 Å². The molecule has 2 rings (SSSR count). The van der Waals surface area contributed by atoms with Crippen LogP contribution in [-0.4, -0.2) is 9.55 Å². The molecule has 2 aromatic heterocycles. The number of nitrogens with zero attached hydrogens (tertiary/aromatic N) is 2. The van der Waals surface area contributed by atoms with Crippen LogP contribution in [0.4, 0.5) is 0 Å². The van der Waals surface area contributed by atoms with Gasteiger partial charge in [-0.25, -0.2) is 0 Å². The second-order valence-electron chi connectivity index (χ2n) is 3.67. The van der Waals surface area contributed by atoms with E-state index in [1.807, 2.05) is 49.6 Å². The van der Waals surface area contributed by atoms with Crippen molar-refractivity contribution in [3.63, 3.8) is 0 Å². The molecule has 0 amide bonds. The van der Waals surface area contributed by atoms with Crippen molar-refractivity contribution in [1.29, 1.82) is 0 Å². The highest BCUT2D eigenvalue weighted by Gasteiger charge is 2.05. The fourth-order valence-corrected chi connectivity index (χ4v) is 1.65. The molecular formula is C12H15N3. The third-order valence-electron chi connectivity index (χ3n) is 2.39. The highest BCUT2D eigenvalue weighted by molar-refractivity contribution is 5.14. The first kappa shape index (κ1) is 9.93. The highest BCUT2D eigenvalue weighted by atomic mass is 15.0. The van der Waals surface area contributed by atoms with Crippen LogP contribution in [0.5, 0.6) is 0 Å². The van der Waals surface area contributed by atoms with E-state index in [0.29, 0.717) is 0 Å². The summed E-state index contributed by atoms with van der Waals surface area (Å²) in [6, 6.07) is 10.1. The Morgan fingerprint density at radius 2 is 2.20 bits per heavy atom. The third-order valence-corrected chi connectivity index (χ3v) is 2.39. The van der Waals surface area contributed by atoms with Crippen LogP contribution in [0.1, 0.15) is 24.4 Å². The van der Waals surface area contributed by atoms with Crippen LogP contribution >= 0.6 is 0 Å². The Morgan fingerprint density at radius 3 is 2.87 bits per heavy atom. The lowest BCUT2D eigenvalue weighted by atomic mass is 10.2. The van der Waals surface area contributed by atoms with Crippen LogP contribution in [0.3, 0.4) is 0 Å². The number of hydrogen-bond acceptors (Lipinski definition) is 2. The van der Waals surface area contributed by atoms with Crippen molar-refractivity contribution in [3.8, 4) is 0 Å². The van der Waals surface area contributed by atoms with Gasteiger partial charge in [0.2, 0.25) is 0 Å². The summed E-state index contributed by atoms with van der Waals surface area (Å²) in [4.78, 5) is 4.29. The molecule has 0 spiro atoms. The summed E-state index contributed by atoms with van der Waals surface area (Å²) in [5, 5.41) is 0. The second-order valence-corrected chi connectivity index (χ2v) is 3.67. The van der Waals surface area contributed by atoms with E-state index >= 15 is 0 Å². The Labute approximate surface area is 89.6 Å². The Bertz CT molecular complexity index is 417. The first-order valence-corrected chi connectivity index (χ1v) is 5.08. The molecule has 0 bridgehead atoms. The standard InChI is InChI=1S/C12H15N3/c1-10(13)12-6-4-8-15(12)9-11-5-2-3-7-14-11/h2-8,10H,9,13H2,1H3. The fraction of sp³-hybridized carbons (Fsp3) is 0.250. The van der Waals surface area contributed by atoms with Gasteiger partial charge in [-0.05, 0) is 31.2 Å². The molecule has 3 heteroatoms. The van der Waals surface area contributed by atoms with E-state index in [1.54, 1.807) is 0 Å². The van der Waals surface area contributed by atoms with Crippen molar-refractivity contribution in [2.75, 3.05) is 0 Å². The maximum atomic E-state index is 5.87. The molecule has 2 heterocycles. The van der Waals surface area contributed by atoms with E-state index < -0.39 is 0 Å². The Balaban J connectivity index is 2.21. The van der Waals surface area contributed by atoms with Crippen molar-refractivity contribution in [2.24, 2.45) is 5.73 Å². The van der Waals surface area contributed by atoms with E-state index in [9.17, 15) is 0 Å². The van der Waals surface area contributed by atoms with Crippen molar-refractivity contribution >= 4 is 0 Å². The van der Waals surface area contributed by atoms with E-state index in [4.69, 9.17) is 5.73 Å². The average Bonchev–Trinajstić information content (AvgIpc) is 2.67. The average molecular weight is 201 g/mol. The minimum absolute atomic E-state index is 0.0590. The van der Waals surface area contributed by atoms with Gasteiger partial charge in [0.25, 0.3) is 0 Å². The topological polar surface area (TPSA) is 43.8 Å². The van der Waals surface area contributed by atoms with Gasteiger partial charge in [0.15, 0.2) is 0 Å². The summed E-state index contributed by atoms with van der Waals surface area (Å²) >= 11 is 0. The first-order valence-electron chi connectivity index (χ1n) is 5.08. The van der Waals surface area contributed by atoms with Crippen molar-refractivity contribution in [2.45, 2.75) is 19.5 Å². The van der Waals surface area contributed by atoms with Gasteiger partial charge in [0, 0.05) is 24.1 Å². The molecule has 1 unspecified atom stereocenters. The minimum atomic E-state index is 0.0590. The SMILES string of the molecule is CC(N)c1cccn1Cc1ccccn1. The van der Waals surface area contributed by atoms with Crippen LogP contribution in [0.15, 0.2) is 42.7 Å². The van der Waals surface area contributed by atoms with Crippen LogP contribution in [-0.2, 0) is 6.54 Å². The molecule has 0 saturated heterocycles. The third kappa shape index (κ3) is 2.25. The molecule has 0 aromatic carbocycles. The molecule has 0 radical (unpaired) electrons. The molecule has 2 N–H and O–H groups in total. The normalized spacial score (nSPS) is 12.7. The van der Waals surface area contributed by atoms with Crippen molar-refractivity contribution in [3.05, 3.63) is 54.1 Å². The molecular weight excluding hydrogens is 186 g/mol. The van der Waals surface area contributed by atoms with Gasteiger partial charge in [-0.15, -0.1) is 0 Å². The maximum absolute atomic E-state index is 5.87. The van der Waals surface area contributed by atoms with Gasteiger partial charge in [0.1, 0.15) is 0 Å². The predicted molar refractivity (Wildman–Crippen MR) is 60.4 cm³/mol. The van der Waals surface area contributed by atoms with Gasteiger partial charge in [0.05, 0.1) is 12.2 Å². The monoisotopic (exact) mass is 201 g/mol. The summed E-state index contributed by atoms with van der Waals surface area (Å²) < 4.78 is 2.13. The van der Waals surface area contributed by atoms with Gasteiger partial charge < -0.3 is 10.3 Å². The molecule has 78 valence electrons. The van der Waals surface area contributed by atoms with E-state index in [1.165, 1.54) is 0 Å². The lowest BCUT2D eigenvalue weighted by Gasteiger charge is -2.11. The van der Waals surface area contributed by atoms with Gasteiger partial charge in [-0.2, -0.15) is 0 Å². The Kier molecular flexibility index (Phi) is 2.83. The summed E-state index contributed by atoms with van der Waals surface area (Å²) in [6.45, 7) is 2.77. The predicted octanol–water partition coefficient (Wildman–Crippen LogP) is 1.95. The number of nitrogens with two attached hydrogens (primary N) is 1. The molecule has 0 aliphatic rings. The number of pyridine rings is 1. The smallest absolute Gasteiger partial charge is 0.0645 e. The Hall–Kier alpha value is -1.61. The summed E-state index contributed by atoms with van der Waals surface area (Å²) in [6.07, 6.45) is 3.84. The number of rotatable bonds is 3. The lowest BCUT2D eigenvalue weighted by Crippen LogP contribution is -2.12. The zero-order chi connectivity index (χ0) is 10.7. The van der Waals surface area contributed by atoms with Gasteiger partial charge in [-0.1, -0.05) is 6.07 Å². The van der Waals surface area contributed by atoms with Gasteiger partial charge >= 0.3 is 0 Å². The molecule has 0 aliphatic heterocycles. The van der Waals surface area contributed by atoms with Crippen molar-refractivity contribution < 1.29 is 0 Å². The quantitative estimate of drug-likeness (QED) is 0.824. The highest BCUT2D eigenvalue weighted by Crippen LogP contribution is 2.12. The largest absolute Gasteiger partial charge is 0.344 e. The van der Waals surface area contributed by atoms with Crippen LogP contribution in [0.2, 0.25) is 0 Å². The van der Waals surface area contributed by atoms with E-state index in [-0.39, 0.29) is 6.04 Å². The molecule has 3 nitrogen and oxygen atoms in total. The molecule has 15 heavy (non-hydrogen) atoms. The number of hydrogen-bond donors (Lipinski definition) is 1. The van der Waals surface area contributed by atoms with E-state index in [2.05, 4.69) is 9.55 Å².